The van der Waals surface area contributed by atoms with Crippen LogP contribution in [0.25, 0.3) is 0 Å². The molecule has 0 fully saturated rings. The molecule has 8 N–H and O–H groups in total. The van der Waals surface area contributed by atoms with E-state index in [-0.39, 0.29) is 25.0 Å². The highest BCUT2D eigenvalue weighted by atomic mass is 16.5. The highest BCUT2D eigenvalue weighted by Gasteiger charge is 2.39. The fraction of sp³-hybridized carbons (Fsp3) is 0.421. The first kappa shape index (κ1) is 33.6. The fourth-order valence-corrected chi connectivity index (χ4v) is 6.69. The zero-order valence-electron chi connectivity index (χ0n) is 27.1. The van der Waals surface area contributed by atoms with Crippen molar-refractivity contribution >= 4 is 12.0 Å². The second-order valence-corrected chi connectivity index (χ2v) is 13.0. The number of carbonyl (C=O) groups excluding carboxylic acids is 1. The number of nitrogens with one attached hydrogen (secondary N) is 1. The second kappa shape index (κ2) is 14.9. The number of carbonyl (C=O) groups is 1. The molecule has 0 saturated heterocycles. The van der Waals surface area contributed by atoms with Crippen LogP contribution in [0.5, 0.6) is 11.5 Å². The maximum atomic E-state index is 12.7. The highest BCUT2D eigenvalue weighted by Crippen LogP contribution is 2.33. The number of hydrogen-bond acceptors (Lipinski definition) is 9. The van der Waals surface area contributed by atoms with Gasteiger partial charge in [0.05, 0.1) is 18.4 Å². The lowest BCUT2D eigenvalue weighted by molar-refractivity contribution is -0.889. The number of nitrogens with two attached hydrogens (primary N) is 2. The van der Waals surface area contributed by atoms with Crippen LogP contribution in [-0.4, -0.2) is 52.3 Å². The average molecular weight is 652 g/mol. The van der Waals surface area contributed by atoms with Crippen LogP contribution < -0.4 is 25.8 Å². The molecule has 48 heavy (non-hydrogen) atoms. The number of allylic oxidation sites excluding steroid dienone is 1. The van der Waals surface area contributed by atoms with E-state index in [2.05, 4.69) is 30.1 Å². The summed E-state index contributed by atoms with van der Waals surface area (Å²) in [5, 5.41) is 31.6. The smallest absolute Gasteiger partial charge is 0.251 e. The third kappa shape index (κ3) is 7.72. The van der Waals surface area contributed by atoms with E-state index in [0.29, 0.717) is 49.3 Å². The zero-order chi connectivity index (χ0) is 33.8. The predicted octanol–water partition coefficient (Wildman–Crippen LogP) is 1.88. The topological polar surface area (TPSA) is 165 Å². The quantitative estimate of drug-likeness (QED) is 0.168. The first-order valence-electron chi connectivity index (χ1n) is 16.7. The van der Waals surface area contributed by atoms with Crippen LogP contribution in [-0.2, 0) is 17.6 Å². The second-order valence-electron chi connectivity index (χ2n) is 13.0. The standard InChI is InChI=1S/C38H42N4O6/c1-2-4-28(43)18-30(45)19-29(44)10-6-23-7-13-35-36(15-23)48-38-24(5-3-14-47-35)9-12-34(46)31-11-8-25(37(39)40)16-26(31)17-27-20-41-33-22-42(38)21-32(27)33/h7-8,11,13,15-16,20,22,24,28,30,34,37-38,43,45-46H,2,4-6,10,17-19,21,39-40H2,1H3/p+1. The number of quaternary nitrogens is 1. The Labute approximate surface area is 281 Å². The first-order chi connectivity index (χ1) is 23.2. The molecule has 4 aliphatic rings. The van der Waals surface area contributed by atoms with E-state index in [4.69, 9.17) is 25.9 Å². The molecule has 6 atom stereocenters. The molecule has 4 aliphatic heterocycles. The van der Waals surface area contributed by atoms with Gasteiger partial charge in [-0.3, -0.25) is 14.7 Å². The van der Waals surface area contributed by atoms with Gasteiger partial charge in [0.15, 0.2) is 11.5 Å². The van der Waals surface area contributed by atoms with Gasteiger partial charge in [-0.1, -0.05) is 55.4 Å². The van der Waals surface area contributed by atoms with Crippen molar-refractivity contribution in [2.24, 2.45) is 22.4 Å². The van der Waals surface area contributed by atoms with E-state index >= 15 is 0 Å². The summed E-state index contributed by atoms with van der Waals surface area (Å²) in [7, 11) is 0. The van der Waals surface area contributed by atoms with Gasteiger partial charge >= 0.3 is 0 Å². The van der Waals surface area contributed by atoms with Crippen LogP contribution in [0.4, 0.5) is 0 Å². The van der Waals surface area contributed by atoms with Gasteiger partial charge < -0.3 is 36.3 Å². The van der Waals surface area contributed by atoms with Gasteiger partial charge in [0.25, 0.3) is 6.23 Å². The van der Waals surface area contributed by atoms with Crippen molar-refractivity contribution in [1.29, 1.82) is 0 Å². The third-order valence-corrected chi connectivity index (χ3v) is 9.26. The summed E-state index contributed by atoms with van der Waals surface area (Å²) in [6.45, 7) is 2.60. The zero-order valence-corrected chi connectivity index (χ0v) is 27.1. The van der Waals surface area contributed by atoms with Crippen molar-refractivity contribution in [2.75, 3.05) is 6.54 Å². The first-order valence-corrected chi connectivity index (χ1v) is 16.7. The van der Waals surface area contributed by atoms with E-state index < -0.39 is 36.6 Å². The van der Waals surface area contributed by atoms with Gasteiger partial charge in [-0.25, -0.2) is 0 Å². The Morgan fingerprint density at radius 1 is 1.12 bits per heavy atom. The third-order valence-electron chi connectivity index (χ3n) is 9.26. The molecule has 10 nitrogen and oxygen atoms in total. The summed E-state index contributed by atoms with van der Waals surface area (Å²) in [5.74, 6) is 9.95. The number of Topliss-reactive ketones (excluding diaryl/α,β-unsaturated/α-hetero) is 1. The Kier molecular flexibility index (Phi) is 10.4. The molecule has 6 rings (SSSR count). The molecule has 4 heterocycles. The number of aryl methyl sites for hydroxylation is 1. The van der Waals surface area contributed by atoms with E-state index in [1.165, 1.54) is 0 Å². The van der Waals surface area contributed by atoms with Gasteiger partial charge in [0.2, 0.25) is 0 Å². The Balaban J connectivity index is 1.27. The SMILES string of the molecule is CCCC(O)CC(O)CC(=O)CCc1ccc2c(c1)OC1C(C#CC(O)c3ccc(C(N)N)cc3CC3=C4C[NH+]1C=C4N=C3)CC#CO2. The van der Waals surface area contributed by atoms with Crippen LogP contribution in [0.2, 0.25) is 0 Å². The normalized spacial score (nSPS) is 23.4. The molecule has 10 heteroatoms. The molecule has 0 aliphatic carbocycles. The molecular weight excluding hydrogens is 608 g/mol. The number of rotatable bonds is 10. The highest BCUT2D eigenvalue weighted by molar-refractivity contribution is 5.87. The van der Waals surface area contributed by atoms with Crippen molar-refractivity contribution in [2.45, 2.75) is 89.0 Å². The summed E-state index contributed by atoms with van der Waals surface area (Å²) in [6, 6.07) is 11.1. The number of aliphatic hydroxyl groups is 3. The Morgan fingerprint density at radius 2 is 1.98 bits per heavy atom. The summed E-state index contributed by atoms with van der Waals surface area (Å²) < 4.78 is 12.6. The predicted molar refractivity (Wildman–Crippen MR) is 180 cm³/mol. The number of aliphatic imine (C=N–C) groups is 1. The lowest BCUT2D eigenvalue weighted by Crippen LogP contribution is -3.12. The number of hydrogen-bond donors (Lipinski definition) is 6. The van der Waals surface area contributed by atoms with Gasteiger partial charge in [0.1, 0.15) is 42.4 Å². The lowest BCUT2D eigenvalue weighted by atomic mass is 9.92. The minimum atomic E-state index is -1.05. The van der Waals surface area contributed by atoms with E-state index in [0.717, 1.165) is 44.9 Å². The summed E-state index contributed by atoms with van der Waals surface area (Å²) in [4.78, 5) is 18.4. The van der Waals surface area contributed by atoms with Crippen LogP contribution in [0.15, 0.2) is 64.4 Å². The monoisotopic (exact) mass is 651 g/mol. The Bertz CT molecular complexity index is 1770. The van der Waals surface area contributed by atoms with Crippen molar-refractivity contribution < 1.29 is 34.5 Å². The van der Waals surface area contributed by atoms with Crippen LogP contribution in [0, 0.1) is 29.8 Å². The largest absolute Gasteiger partial charge is 0.437 e. The van der Waals surface area contributed by atoms with E-state index in [1.54, 1.807) is 6.07 Å². The number of nitrogens with zero attached hydrogens (tertiary/aromatic N) is 1. The Morgan fingerprint density at radius 3 is 2.79 bits per heavy atom. The van der Waals surface area contributed by atoms with Crippen molar-refractivity contribution in [3.63, 3.8) is 0 Å². The molecule has 0 radical (unpaired) electrons. The van der Waals surface area contributed by atoms with Crippen LogP contribution in [0.1, 0.15) is 80.0 Å². The molecule has 2 aromatic carbocycles. The molecule has 0 amide bonds. The van der Waals surface area contributed by atoms with Gasteiger partial charge in [0, 0.05) is 31.1 Å². The summed E-state index contributed by atoms with van der Waals surface area (Å²) >= 11 is 0. The van der Waals surface area contributed by atoms with Crippen molar-refractivity contribution in [3.8, 4) is 35.4 Å². The molecule has 2 aromatic rings. The minimum Gasteiger partial charge on any atom is -0.437 e. The summed E-state index contributed by atoms with van der Waals surface area (Å²) in [6.07, 6.45) is 6.30. The summed E-state index contributed by atoms with van der Waals surface area (Å²) in [5.41, 5.74) is 18.3. The molecule has 0 spiro atoms. The molecule has 0 aromatic heterocycles. The van der Waals surface area contributed by atoms with Crippen molar-refractivity contribution in [3.05, 3.63) is 81.7 Å². The van der Waals surface area contributed by atoms with E-state index in [9.17, 15) is 20.1 Å². The van der Waals surface area contributed by atoms with Gasteiger partial charge in [-0.2, -0.15) is 0 Å². The molecule has 6 unspecified atom stereocenters. The molecule has 250 valence electrons. The molecule has 0 saturated carbocycles. The van der Waals surface area contributed by atoms with Crippen LogP contribution in [0.3, 0.4) is 0 Å². The molecular formula is C38H43N4O6+. The number of benzene rings is 2. The maximum absolute atomic E-state index is 12.7. The van der Waals surface area contributed by atoms with Crippen LogP contribution >= 0.6 is 0 Å². The number of ether oxygens (including phenoxy) is 2. The Hall–Kier alpha value is -4.26. The van der Waals surface area contributed by atoms with Gasteiger partial charge in [-0.15, -0.1) is 0 Å². The average Bonchev–Trinajstić information content (AvgIpc) is 3.65. The lowest BCUT2D eigenvalue weighted by Gasteiger charge is -2.28. The minimum absolute atomic E-state index is 0.00863. The number of aliphatic hydroxyl groups excluding tert-OH is 3. The fourth-order valence-electron chi connectivity index (χ4n) is 6.69. The van der Waals surface area contributed by atoms with Crippen molar-refractivity contribution in [1.82, 2.24) is 0 Å². The maximum Gasteiger partial charge on any atom is 0.251 e. The molecule has 2 bridgehead atoms. The van der Waals surface area contributed by atoms with E-state index in [1.807, 2.05) is 43.5 Å². The van der Waals surface area contributed by atoms with Gasteiger partial charge in [-0.05, 0) is 65.6 Å². The number of fused-ring (bicyclic) bond motifs is 5. The number of ketones is 1.